The summed E-state index contributed by atoms with van der Waals surface area (Å²) < 4.78 is 5.77. The van der Waals surface area contributed by atoms with Gasteiger partial charge in [-0.15, -0.1) is 0 Å². The third kappa shape index (κ3) is 5.22. The Morgan fingerprint density at radius 3 is 2.62 bits per heavy atom. The number of nitrogens with zero attached hydrogens (tertiary/aromatic N) is 1. The first kappa shape index (κ1) is 17.7. The fourth-order valence-electron chi connectivity index (χ4n) is 2.40. The highest BCUT2D eigenvalue weighted by atomic mass is 16.4. The van der Waals surface area contributed by atoms with Gasteiger partial charge in [-0.3, -0.25) is 9.59 Å². The fraction of sp³-hybridized carbons (Fsp3) is 0.389. The number of carboxylic acid groups (broad SMARTS) is 1. The maximum absolute atomic E-state index is 11.9. The van der Waals surface area contributed by atoms with E-state index in [9.17, 15) is 9.59 Å². The van der Waals surface area contributed by atoms with Crippen molar-refractivity contribution in [3.8, 4) is 11.3 Å². The van der Waals surface area contributed by atoms with Gasteiger partial charge in [-0.1, -0.05) is 30.3 Å². The molecule has 0 saturated heterocycles. The maximum Gasteiger partial charge on any atom is 0.303 e. The number of hydrogen-bond acceptors (Lipinski definition) is 4. The maximum atomic E-state index is 11.9. The smallest absolute Gasteiger partial charge is 0.303 e. The van der Waals surface area contributed by atoms with E-state index >= 15 is 0 Å². The Bertz CT molecular complexity index is 694. The molecule has 128 valence electrons. The molecule has 1 amide bonds. The second-order valence-corrected chi connectivity index (χ2v) is 5.79. The molecular weight excluding hydrogens is 308 g/mol. The van der Waals surface area contributed by atoms with Crippen LogP contribution in [0.4, 0.5) is 0 Å². The van der Waals surface area contributed by atoms with E-state index < -0.39 is 5.97 Å². The number of aryl methyl sites for hydroxylation is 2. The number of aliphatic carboxylic acids is 1. The molecule has 24 heavy (non-hydrogen) atoms. The first-order chi connectivity index (χ1) is 11.5. The van der Waals surface area contributed by atoms with Crippen LogP contribution in [0, 0.1) is 6.92 Å². The quantitative estimate of drug-likeness (QED) is 0.776. The normalized spacial score (nSPS) is 11.9. The number of benzene rings is 1. The molecule has 0 fully saturated rings. The average Bonchev–Trinajstić information content (AvgIpc) is 2.93. The summed E-state index contributed by atoms with van der Waals surface area (Å²) in [5, 5.41) is 11.4. The lowest BCUT2D eigenvalue weighted by molar-refractivity contribution is -0.137. The van der Waals surface area contributed by atoms with Gasteiger partial charge < -0.3 is 14.8 Å². The van der Waals surface area contributed by atoms with Gasteiger partial charge in [-0.05, 0) is 20.3 Å². The van der Waals surface area contributed by atoms with E-state index in [1.165, 1.54) is 0 Å². The van der Waals surface area contributed by atoms with Gasteiger partial charge in [-0.25, -0.2) is 4.98 Å². The SMILES string of the molecule is Cc1nc(CCC(=O)NC(C)CCC(=O)O)oc1-c1ccccc1. The molecule has 0 spiro atoms. The van der Waals surface area contributed by atoms with E-state index in [-0.39, 0.29) is 24.8 Å². The molecule has 2 aromatic rings. The number of hydrogen-bond donors (Lipinski definition) is 2. The minimum absolute atomic E-state index is 0.0425. The Kier molecular flexibility index (Phi) is 6.12. The van der Waals surface area contributed by atoms with Crippen molar-refractivity contribution in [1.29, 1.82) is 0 Å². The highest BCUT2D eigenvalue weighted by Gasteiger charge is 2.14. The summed E-state index contributed by atoms with van der Waals surface area (Å²) in [6.07, 6.45) is 1.12. The van der Waals surface area contributed by atoms with Crippen LogP contribution in [-0.4, -0.2) is 28.0 Å². The molecule has 1 aromatic carbocycles. The van der Waals surface area contributed by atoms with Crippen molar-refractivity contribution in [3.05, 3.63) is 41.9 Å². The molecule has 1 unspecified atom stereocenters. The van der Waals surface area contributed by atoms with Gasteiger partial charge in [0, 0.05) is 30.9 Å². The molecule has 2 rings (SSSR count). The molecule has 1 atom stereocenters. The lowest BCUT2D eigenvalue weighted by Crippen LogP contribution is -2.33. The number of nitrogens with one attached hydrogen (secondary N) is 1. The molecule has 0 bridgehead atoms. The van der Waals surface area contributed by atoms with Crippen LogP contribution in [0.15, 0.2) is 34.7 Å². The van der Waals surface area contributed by atoms with Crippen LogP contribution in [0.1, 0.15) is 37.8 Å². The third-order valence-corrected chi connectivity index (χ3v) is 3.64. The zero-order valence-electron chi connectivity index (χ0n) is 13.9. The molecule has 6 heteroatoms. The van der Waals surface area contributed by atoms with Gasteiger partial charge in [0.25, 0.3) is 0 Å². The van der Waals surface area contributed by atoms with Crippen LogP contribution in [0.5, 0.6) is 0 Å². The van der Waals surface area contributed by atoms with Gasteiger partial charge in [0.05, 0.1) is 5.69 Å². The standard InChI is InChI=1S/C18H22N2O4/c1-12(8-11-17(22)23)19-15(21)9-10-16-20-13(2)18(24-16)14-6-4-3-5-7-14/h3-7,12H,8-11H2,1-2H3,(H,19,21)(H,22,23). The molecule has 0 aliphatic carbocycles. The van der Waals surface area contributed by atoms with E-state index in [4.69, 9.17) is 9.52 Å². The van der Waals surface area contributed by atoms with Crippen molar-refractivity contribution in [3.63, 3.8) is 0 Å². The Morgan fingerprint density at radius 1 is 1.25 bits per heavy atom. The van der Waals surface area contributed by atoms with Crippen LogP contribution < -0.4 is 5.32 Å². The largest absolute Gasteiger partial charge is 0.481 e. The van der Waals surface area contributed by atoms with E-state index in [2.05, 4.69) is 10.3 Å². The van der Waals surface area contributed by atoms with Crippen LogP contribution in [0.25, 0.3) is 11.3 Å². The van der Waals surface area contributed by atoms with Gasteiger partial charge in [0.1, 0.15) is 0 Å². The monoisotopic (exact) mass is 330 g/mol. The molecule has 0 aliphatic rings. The number of rotatable bonds is 8. The molecule has 0 radical (unpaired) electrons. The number of carbonyl (C=O) groups excluding carboxylic acids is 1. The van der Waals surface area contributed by atoms with Crippen molar-refractivity contribution >= 4 is 11.9 Å². The molecular formula is C18H22N2O4. The summed E-state index contributed by atoms with van der Waals surface area (Å²) in [5.74, 6) is 0.255. The Labute approximate surface area is 140 Å². The molecule has 2 N–H and O–H groups in total. The Balaban J connectivity index is 1.86. The zero-order valence-corrected chi connectivity index (χ0v) is 13.9. The van der Waals surface area contributed by atoms with E-state index in [0.717, 1.165) is 17.0 Å². The summed E-state index contributed by atoms with van der Waals surface area (Å²) in [4.78, 5) is 26.8. The second kappa shape index (κ2) is 8.29. The van der Waals surface area contributed by atoms with Gasteiger partial charge >= 0.3 is 5.97 Å². The van der Waals surface area contributed by atoms with Crippen molar-refractivity contribution < 1.29 is 19.1 Å². The highest BCUT2D eigenvalue weighted by Crippen LogP contribution is 2.24. The molecule has 0 saturated carbocycles. The topological polar surface area (TPSA) is 92.4 Å². The summed E-state index contributed by atoms with van der Waals surface area (Å²) in [6, 6.07) is 9.54. The van der Waals surface area contributed by atoms with Gasteiger partial charge in [0.2, 0.25) is 5.91 Å². The molecule has 0 aliphatic heterocycles. The number of carboxylic acids is 1. The molecule has 1 heterocycles. The van der Waals surface area contributed by atoms with Crippen molar-refractivity contribution in [2.45, 2.75) is 45.6 Å². The van der Waals surface area contributed by atoms with E-state index in [1.807, 2.05) is 37.3 Å². The second-order valence-electron chi connectivity index (χ2n) is 5.79. The van der Waals surface area contributed by atoms with E-state index in [1.54, 1.807) is 6.92 Å². The lowest BCUT2D eigenvalue weighted by atomic mass is 10.1. The van der Waals surface area contributed by atoms with Gasteiger partial charge in [-0.2, -0.15) is 0 Å². The minimum atomic E-state index is -0.861. The minimum Gasteiger partial charge on any atom is -0.481 e. The Morgan fingerprint density at radius 2 is 1.96 bits per heavy atom. The summed E-state index contributed by atoms with van der Waals surface area (Å²) >= 11 is 0. The summed E-state index contributed by atoms with van der Waals surface area (Å²) in [6.45, 7) is 3.67. The molecule has 1 aromatic heterocycles. The highest BCUT2D eigenvalue weighted by molar-refractivity contribution is 5.76. The average molecular weight is 330 g/mol. The molecule has 6 nitrogen and oxygen atoms in total. The third-order valence-electron chi connectivity index (χ3n) is 3.64. The van der Waals surface area contributed by atoms with Crippen LogP contribution in [0.3, 0.4) is 0 Å². The predicted octanol–water partition coefficient (Wildman–Crippen LogP) is 2.95. The Hall–Kier alpha value is -2.63. The van der Waals surface area contributed by atoms with E-state index in [0.29, 0.717) is 18.7 Å². The summed E-state index contributed by atoms with van der Waals surface area (Å²) in [7, 11) is 0. The van der Waals surface area contributed by atoms with Crippen LogP contribution in [0.2, 0.25) is 0 Å². The van der Waals surface area contributed by atoms with Crippen LogP contribution in [-0.2, 0) is 16.0 Å². The fourth-order valence-corrected chi connectivity index (χ4v) is 2.40. The van der Waals surface area contributed by atoms with Crippen molar-refractivity contribution in [1.82, 2.24) is 10.3 Å². The summed E-state index contributed by atoms with van der Waals surface area (Å²) in [5.41, 5.74) is 1.76. The van der Waals surface area contributed by atoms with Gasteiger partial charge in [0.15, 0.2) is 11.7 Å². The number of aromatic nitrogens is 1. The number of carbonyl (C=O) groups is 2. The lowest BCUT2D eigenvalue weighted by Gasteiger charge is -2.12. The predicted molar refractivity (Wildman–Crippen MR) is 89.5 cm³/mol. The van der Waals surface area contributed by atoms with Crippen LogP contribution >= 0.6 is 0 Å². The first-order valence-electron chi connectivity index (χ1n) is 7.98. The first-order valence-corrected chi connectivity index (χ1v) is 7.98. The number of amides is 1. The van der Waals surface area contributed by atoms with Crippen molar-refractivity contribution in [2.75, 3.05) is 0 Å². The van der Waals surface area contributed by atoms with Crippen molar-refractivity contribution in [2.24, 2.45) is 0 Å². The number of oxazole rings is 1. The zero-order chi connectivity index (χ0) is 17.5.